The van der Waals surface area contributed by atoms with E-state index in [1.807, 2.05) is 24.4 Å². The molecule has 1 fully saturated rings. The minimum Gasteiger partial charge on any atom is -0.507 e. The van der Waals surface area contributed by atoms with Crippen molar-refractivity contribution in [1.29, 1.82) is 0 Å². The number of benzene rings is 2. The van der Waals surface area contributed by atoms with E-state index in [0.717, 1.165) is 42.8 Å². The molecule has 168 valence electrons. The van der Waals surface area contributed by atoms with Gasteiger partial charge in [0.25, 0.3) is 0 Å². The summed E-state index contributed by atoms with van der Waals surface area (Å²) in [5.74, 6) is 1.41. The fraction of sp³-hybridized carbons (Fsp3) is 0.304. The molecule has 9 heteroatoms. The zero-order valence-corrected chi connectivity index (χ0v) is 18.7. The molecule has 2 heterocycles. The van der Waals surface area contributed by atoms with Crippen LogP contribution in [0.25, 0.3) is 10.9 Å². The zero-order chi connectivity index (χ0) is 22.7. The average molecular weight is 457 g/mol. The number of aromatic nitrogens is 1. The summed E-state index contributed by atoms with van der Waals surface area (Å²) in [5.41, 5.74) is 3.04. The van der Waals surface area contributed by atoms with Gasteiger partial charge >= 0.3 is 0 Å². The maximum atomic E-state index is 10.5. The minimum absolute atomic E-state index is 0.0794. The lowest BCUT2D eigenvalue weighted by Crippen LogP contribution is -2.46. The number of anilines is 1. The summed E-state index contributed by atoms with van der Waals surface area (Å²) in [6, 6.07) is 9.19. The van der Waals surface area contributed by atoms with Gasteiger partial charge in [-0.1, -0.05) is 16.8 Å². The maximum absolute atomic E-state index is 10.5. The number of fused-ring (bicyclic) bond motifs is 1. The van der Waals surface area contributed by atoms with Gasteiger partial charge in [0.2, 0.25) is 0 Å². The second kappa shape index (κ2) is 9.50. The van der Waals surface area contributed by atoms with Crippen molar-refractivity contribution in [2.45, 2.75) is 6.54 Å². The third kappa shape index (κ3) is 4.37. The van der Waals surface area contributed by atoms with Crippen LogP contribution in [-0.2, 0) is 6.54 Å². The number of pyridine rings is 1. The molecule has 2 aromatic carbocycles. The van der Waals surface area contributed by atoms with Gasteiger partial charge in [-0.2, -0.15) is 0 Å². The summed E-state index contributed by atoms with van der Waals surface area (Å²) in [6.07, 6.45) is 2.99. The molecule has 0 atom stereocenters. The van der Waals surface area contributed by atoms with Gasteiger partial charge in [0.1, 0.15) is 5.75 Å². The minimum atomic E-state index is 0.0794. The van der Waals surface area contributed by atoms with Crippen molar-refractivity contribution >= 4 is 34.4 Å². The molecule has 4 rings (SSSR count). The lowest BCUT2D eigenvalue weighted by molar-refractivity contribution is 0.247. The van der Waals surface area contributed by atoms with Crippen LogP contribution in [0.1, 0.15) is 11.1 Å². The predicted octanol–water partition coefficient (Wildman–Crippen LogP) is 3.74. The number of hydrogen-bond acceptors (Lipinski definition) is 8. The summed E-state index contributed by atoms with van der Waals surface area (Å²) < 4.78 is 10.9. The van der Waals surface area contributed by atoms with Crippen molar-refractivity contribution in [2.75, 3.05) is 45.3 Å². The number of methoxy groups -OCH3 is 2. The zero-order valence-electron chi connectivity index (χ0n) is 18.0. The molecule has 0 unspecified atom stereocenters. The molecule has 0 spiro atoms. The molecule has 1 saturated heterocycles. The van der Waals surface area contributed by atoms with Gasteiger partial charge in [0.15, 0.2) is 11.5 Å². The Hall–Kier alpha value is -3.23. The standard InChI is InChI=1S/C23H25ClN4O4/c1-31-21-11-18-19(12-22(21)32-2)25-4-3-20(18)28-7-5-27(6-8-28)14-16-10-17(24)9-15(13-26-30)23(16)29/h3-4,9-13,29-30H,5-8,14H2,1-2H3. The molecule has 0 aliphatic carbocycles. The Bertz CT molecular complexity index is 1150. The van der Waals surface area contributed by atoms with Crippen LogP contribution in [0.5, 0.6) is 17.2 Å². The summed E-state index contributed by atoms with van der Waals surface area (Å²) in [5, 5.41) is 23.8. The van der Waals surface area contributed by atoms with Crippen LogP contribution in [0.4, 0.5) is 5.69 Å². The van der Waals surface area contributed by atoms with E-state index in [0.29, 0.717) is 34.2 Å². The van der Waals surface area contributed by atoms with Crippen molar-refractivity contribution in [1.82, 2.24) is 9.88 Å². The highest BCUT2D eigenvalue weighted by atomic mass is 35.5. The number of nitrogens with zero attached hydrogens (tertiary/aromatic N) is 4. The highest BCUT2D eigenvalue weighted by molar-refractivity contribution is 6.31. The number of hydrogen-bond donors (Lipinski definition) is 2. The number of aromatic hydroxyl groups is 1. The smallest absolute Gasteiger partial charge is 0.162 e. The predicted molar refractivity (Wildman–Crippen MR) is 125 cm³/mol. The van der Waals surface area contributed by atoms with Crippen LogP contribution < -0.4 is 14.4 Å². The number of oxime groups is 1. The van der Waals surface area contributed by atoms with Gasteiger partial charge in [0, 0.05) is 72.2 Å². The van der Waals surface area contributed by atoms with E-state index in [4.69, 9.17) is 26.3 Å². The highest BCUT2D eigenvalue weighted by Gasteiger charge is 2.21. The molecule has 1 aliphatic heterocycles. The second-order valence-electron chi connectivity index (χ2n) is 7.56. The van der Waals surface area contributed by atoms with Gasteiger partial charge in [-0.05, 0) is 24.3 Å². The number of ether oxygens (including phenoxy) is 2. The first-order chi connectivity index (χ1) is 15.5. The monoisotopic (exact) mass is 456 g/mol. The number of phenols is 1. The van der Waals surface area contributed by atoms with E-state index in [1.165, 1.54) is 6.21 Å². The molecule has 0 bridgehead atoms. The lowest BCUT2D eigenvalue weighted by atomic mass is 10.1. The number of rotatable bonds is 6. The molecular formula is C23H25ClN4O4. The number of halogens is 1. The fourth-order valence-corrected chi connectivity index (χ4v) is 4.33. The van der Waals surface area contributed by atoms with Gasteiger partial charge in [-0.15, -0.1) is 0 Å². The van der Waals surface area contributed by atoms with Crippen LogP contribution in [0.3, 0.4) is 0 Å². The quantitative estimate of drug-likeness (QED) is 0.331. The summed E-state index contributed by atoms with van der Waals surface area (Å²) >= 11 is 6.17. The van der Waals surface area contributed by atoms with Gasteiger partial charge in [-0.3, -0.25) is 9.88 Å². The van der Waals surface area contributed by atoms with Crippen LogP contribution in [0.15, 0.2) is 41.7 Å². The summed E-state index contributed by atoms with van der Waals surface area (Å²) in [7, 11) is 3.24. The van der Waals surface area contributed by atoms with Crippen LogP contribution in [0, 0.1) is 0 Å². The van der Waals surface area contributed by atoms with E-state index in [-0.39, 0.29) is 5.75 Å². The van der Waals surface area contributed by atoms with Gasteiger partial charge in [0.05, 0.1) is 26.0 Å². The third-order valence-corrected chi connectivity index (χ3v) is 5.93. The Labute approximate surface area is 191 Å². The Balaban J connectivity index is 1.52. The Morgan fingerprint density at radius 2 is 1.81 bits per heavy atom. The normalized spacial score (nSPS) is 14.9. The largest absolute Gasteiger partial charge is 0.507 e. The molecule has 8 nitrogen and oxygen atoms in total. The van der Waals surface area contributed by atoms with Crippen molar-refractivity contribution in [3.05, 3.63) is 52.7 Å². The van der Waals surface area contributed by atoms with E-state index < -0.39 is 0 Å². The van der Waals surface area contributed by atoms with E-state index in [2.05, 4.69) is 19.9 Å². The van der Waals surface area contributed by atoms with Crippen molar-refractivity contribution < 1.29 is 19.8 Å². The first-order valence-electron chi connectivity index (χ1n) is 10.2. The first kappa shape index (κ1) is 22.0. The molecule has 0 saturated carbocycles. The average Bonchev–Trinajstić information content (AvgIpc) is 2.81. The van der Waals surface area contributed by atoms with E-state index in [1.54, 1.807) is 26.4 Å². The number of phenolic OH excluding ortho intramolecular Hbond substituents is 1. The second-order valence-corrected chi connectivity index (χ2v) is 8.00. The third-order valence-electron chi connectivity index (χ3n) is 5.71. The van der Waals surface area contributed by atoms with Gasteiger partial charge < -0.3 is 24.7 Å². The molecule has 1 aromatic heterocycles. The number of piperazine rings is 1. The highest BCUT2D eigenvalue weighted by Crippen LogP contribution is 2.36. The molecular weight excluding hydrogens is 432 g/mol. The van der Waals surface area contributed by atoms with E-state index >= 15 is 0 Å². The SMILES string of the molecule is COc1cc2nccc(N3CCN(Cc4cc(Cl)cc(C=NO)c4O)CC3)c2cc1OC. The molecule has 32 heavy (non-hydrogen) atoms. The van der Waals surface area contributed by atoms with Crippen molar-refractivity contribution in [2.24, 2.45) is 5.16 Å². The van der Waals surface area contributed by atoms with Crippen molar-refractivity contribution in [3.63, 3.8) is 0 Å². The molecule has 3 aromatic rings. The van der Waals surface area contributed by atoms with Crippen LogP contribution >= 0.6 is 11.6 Å². The molecule has 0 radical (unpaired) electrons. The topological polar surface area (TPSA) is 90.7 Å². The molecule has 1 aliphatic rings. The Morgan fingerprint density at radius 3 is 2.50 bits per heavy atom. The lowest BCUT2D eigenvalue weighted by Gasteiger charge is -2.36. The summed E-state index contributed by atoms with van der Waals surface area (Å²) in [6.45, 7) is 3.81. The molecule has 2 N–H and O–H groups in total. The van der Waals surface area contributed by atoms with Gasteiger partial charge in [-0.25, -0.2) is 0 Å². The van der Waals surface area contributed by atoms with Crippen molar-refractivity contribution in [3.8, 4) is 17.2 Å². The molecule has 0 amide bonds. The Kier molecular flexibility index (Phi) is 6.53. The fourth-order valence-electron chi connectivity index (χ4n) is 4.08. The summed E-state index contributed by atoms with van der Waals surface area (Å²) in [4.78, 5) is 9.08. The Morgan fingerprint density at radius 1 is 1.09 bits per heavy atom. The van der Waals surface area contributed by atoms with Crippen LogP contribution in [0.2, 0.25) is 5.02 Å². The van der Waals surface area contributed by atoms with Crippen LogP contribution in [-0.4, -0.2) is 66.8 Å². The maximum Gasteiger partial charge on any atom is 0.162 e. The van der Waals surface area contributed by atoms with E-state index in [9.17, 15) is 5.11 Å². The first-order valence-corrected chi connectivity index (χ1v) is 10.6.